The molecule has 1 rings (SSSR count). The molecule has 0 saturated carbocycles. The van der Waals surface area contributed by atoms with Crippen molar-refractivity contribution in [1.82, 2.24) is 0 Å². The lowest BCUT2D eigenvalue weighted by Crippen LogP contribution is -2.07. The van der Waals surface area contributed by atoms with E-state index in [-0.39, 0.29) is 5.82 Å². The van der Waals surface area contributed by atoms with Gasteiger partial charge in [0.05, 0.1) is 0 Å². The fourth-order valence-corrected chi connectivity index (χ4v) is 1.94. The normalized spacial score (nSPS) is 13.3. The summed E-state index contributed by atoms with van der Waals surface area (Å²) in [5, 5.41) is 0. The number of hydrogen-bond donors (Lipinski definition) is 0. The van der Waals surface area contributed by atoms with Gasteiger partial charge in [0, 0.05) is 0 Å². The van der Waals surface area contributed by atoms with Crippen LogP contribution >= 0.6 is 0 Å². The van der Waals surface area contributed by atoms with E-state index in [0.717, 1.165) is 5.56 Å². The van der Waals surface area contributed by atoms with Crippen LogP contribution in [0.5, 0.6) is 0 Å². The van der Waals surface area contributed by atoms with Crippen molar-refractivity contribution >= 4 is 0 Å². The van der Waals surface area contributed by atoms with Gasteiger partial charge in [-0.05, 0) is 48.4 Å². The Morgan fingerprint density at radius 1 is 1.29 bits per heavy atom. The molecule has 0 nitrogen and oxygen atoms in total. The van der Waals surface area contributed by atoms with E-state index in [9.17, 15) is 4.39 Å². The zero-order chi connectivity index (χ0) is 10.7. The van der Waals surface area contributed by atoms with Crippen molar-refractivity contribution in [2.24, 2.45) is 5.92 Å². The lowest BCUT2D eigenvalue weighted by Gasteiger charge is -2.21. The number of benzene rings is 1. The highest BCUT2D eigenvalue weighted by atomic mass is 19.1. The molecule has 0 aliphatic carbocycles. The molecule has 0 aliphatic rings. The second-order valence-corrected chi connectivity index (χ2v) is 4.10. The van der Waals surface area contributed by atoms with Crippen LogP contribution < -0.4 is 0 Å². The van der Waals surface area contributed by atoms with Crippen LogP contribution in [0.1, 0.15) is 37.8 Å². The van der Waals surface area contributed by atoms with E-state index < -0.39 is 0 Å². The Balaban J connectivity index is 3.04. The fourth-order valence-electron chi connectivity index (χ4n) is 1.94. The molecule has 77 valence electrons. The third-order valence-corrected chi connectivity index (χ3v) is 2.67. The predicted molar refractivity (Wildman–Crippen MR) is 58.7 cm³/mol. The molecule has 1 heteroatoms. The molecule has 1 unspecified atom stereocenters. The molecule has 0 fully saturated rings. The molecule has 0 spiro atoms. The van der Waals surface area contributed by atoms with Gasteiger partial charge in [-0.25, -0.2) is 4.39 Å². The minimum Gasteiger partial charge on any atom is -0.207 e. The van der Waals surface area contributed by atoms with Crippen molar-refractivity contribution < 1.29 is 4.39 Å². The van der Waals surface area contributed by atoms with Crippen LogP contribution in [0.25, 0.3) is 0 Å². The van der Waals surface area contributed by atoms with Crippen molar-refractivity contribution in [2.75, 3.05) is 0 Å². The van der Waals surface area contributed by atoms with Gasteiger partial charge in [0.1, 0.15) is 5.82 Å². The molecule has 14 heavy (non-hydrogen) atoms. The van der Waals surface area contributed by atoms with Gasteiger partial charge in [0.2, 0.25) is 0 Å². The van der Waals surface area contributed by atoms with Crippen LogP contribution in [0.3, 0.4) is 0 Å². The monoisotopic (exact) mass is 193 g/mol. The first kappa shape index (κ1) is 11.2. The maximum absolute atomic E-state index is 12.9. The maximum atomic E-state index is 12.9. The van der Waals surface area contributed by atoms with Crippen LogP contribution in [0.15, 0.2) is 18.2 Å². The third kappa shape index (κ3) is 2.34. The Bertz CT molecular complexity index is 302. The van der Waals surface area contributed by atoms with Gasteiger partial charge in [-0.2, -0.15) is 0 Å². The van der Waals surface area contributed by atoms with E-state index >= 15 is 0 Å². The third-order valence-electron chi connectivity index (χ3n) is 2.67. The lowest BCUT2D eigenvalue weighted by atomic mass is 9.84. The summed E-state index contributed by atoms with van der Waals surface area (Å²) in [5.41, 5.74) is 2.28. The van der Waals surface area contributed by atoms with E-state index in [1.165, 1.54) is 5.56 Å². The summed E-state index contributed by atoms with van der Waals surface area (Å²) in [7, 11) is 0. The van der Waals surface area contributed by atoms with Crippen LogP contribution in [0, 0.1) is 25.1 Å². The first-order chi connectivity index (χ1) is 6.56. The molecule has 0 heterocycles. The lowest BCUT2D eigenvalue weighted by molar-refractivity contribution is 0.546. The van der Waals surface area contributed by atoms with Gasteiger partial charge in [-0.15, -0.1) is 0 Å². The van der Waals surface area contributed by atoms with Gasteiger partial charge >= 0.3 is 0 Å². The minimum atomic E-state index is -0.148. The Morgan fingerprint density at radius 2 is 1.93 bits per heavy atom. The van der Waals surface area contributed by atoms with Crippen LogP contribution in [0.2, 0.25) is 0 Å². The summed E-state index contributed by atoms with van der Waals surface area (Å²) in [4.78, 5) is 0. The largest absolute Gasteiger partial charge is 0.207 e. The number of rotatable bonds is 3. The molecule has 0 saturated heterocycles. The average molecular weight is 193 g/mol. The molecule has 1 aromatic rings. The maximum Gasteiger partial charge on any atom is 0.123 e. The van der Waals surface area contributed by atoms with Crippen molar-refractivity contribution in [3.8, 4) is 0 Å². The summed E-state index contributed by atoms with van der Waals surface area (Å²) in [5.74, 6) is 0.838. The summed E-state index contributed by atoms with van der Waals surface area (Å²) in [6.07, 6.45) is 2.19. The van der Waals surface area contributed by atoms with Crippen molar-refractivity contribution in [1.29, 1.82) is 0 Å². The summed E-state index contributed by atoms with van der Waals surface area (Å²) in [6.45, 7) is 8.41. The highest BCUT2D eigenvalue weighted by Crippen LogP contribution is 2.29. The second kappa shape index (κ2) is 4.59. The first-order valence-electron chi connectivity index (χ1n) is 5.11. The topological polar surface area (TPSA) is 0 Å². The molecule has 1 aromatic carbocycles. The Kier molecular flexibility index (Phi) is 3.68. The minimum absolute atomic E-state index is 0.148. The number of halogens is 1. The van der Waals surface area contributed by atoms with E-state index in [1.54, 1.807) is 12.1 Å². The van der Waals surface area contributed by atoms with E-state index in [0.29, 0.717) is 11.8 Å². The van der Waals surface area contributed by atoms with Gasteiger partial charge in [0.25, 0.3) is 0 Å². The van der Waals surface area contributed by atoms with E-state index in [1.807, 2.05) is 13.0 Å². The molecule has 1 radical (unpaired) electrons. The Morgan fingerprint density at radius 3 is 2.36 bits per heavy atom. The summed E-state index contributed by atoms with van der Waals surface area (Å²) >= 11 is 0. The fraction of sp³-hybridized carbons (Fsp3) is 0.462. The van der Waals surface area contributed by atoms with Crippen LogP contribution in [-0.4, -0.2) is 0 Å². The Labute approximate surface area is 86.2 Å². The SMILES string of the molecule is C[CH]C(c1ccc(F)cc1C)C(C)C. The molecular formula is C13H18F. The van der Waals surface area contributed by atoms with Crippen molar-refractivity contribution in [3.63, 3.8) is 0 Å². The summed E-state index contributed by atoms with van der Waals surface area (Å²) in [6, 6.07) is 5.05. The average Bonchev–Trinajstić information content (AvgIpc) is 2.09. The highest BCUT2D eigenvalue weighted by molar-refractivity contribution is 5.31. The quantitative estimate of drug-likeness (QED) is 0.678. The highest BCUT2D eigenvalue weighted by Gasteiger charge is 2.15. The molecule has 0 bridgehead atoms. The zero-order valence-electron chi connectivity index (χ0n) is 9.34. The predicted octanol–water partition coefficient (Wildman–Crippen LogP) is 4.10. The number of hydrogen-bond acceptors (Lipinski definition) is 0. The van der Waals surface area contributed by atoms with E-state index in [2.05, 4.69) is 27.2 Å². The second-order valence-electron chi connectivity index (χ2n) is 4.10. The summed E-state index contributed by atoms with van der Waals surface area (Å²) < 4.78 is 12.9. The number of aryl methyl sites for hydroxylation is 1. The molecule has 0 amide bonds. The molecule has 1 atom stereocenters. The smallest absolute Gasteiger partial charge is 0.123 e. The van der Waals surface area contributed by atoms with Crippen LogP contribution in [0.4, 0.5) is 4.39 Å². The van der Waals surface area contributed by atoms with Crippen molar-refractivity contribution in [3.05, 3.63) is 41.6 Å². The zero-order valence-corrected chi connectivity index (χ0v) is 9.34. The molecular weight excluding hydrogens is 175 g/mol. The van der Waals surface area contributed by atoms with Gasteiger partial charge in [-0.1, -0.05) is 26.8 Å². The molecule has 0 N–H and O–H groups in total. The standard InChI is InChI=1S/C13H18F/c1-5-12(9(2)3)13-7-6-11(14)8-10(13)4/h5-9,12H,1-4H3. The van der Waals surface area contributed by atoms with Gasteiger partial charge in [-0.3, -0.25) is 0 Å². The van der Waals surface area contributed by atoms with Gasteiger partial charge < -0.3 is 0 Å². The Hall–Kier alpha value is -0.850. The molecule has 0 aromatic heterocycles. The van der Waals surface area contributed by atoms with E-state index in [4.69, 9.17) is 0 Å². The molecule has 0 aliphatic heterocycles. The van der Waals surface area contributed by atoms with Gasteiger partial charge in [0.15, 0.2) is 0 Å². The van der Waals surface area contributed by atoms with Crippen molar-refractivity contribution in [2.45, 2.75) is 33.6 Å². The first-order valence-corrected chi connectivity index (χ1v) is 5.11. The van der Waals surface area contributed by atoms with Crippen LogP contribution in [-0.2, 0) is 0 Å².